The van der Waals surface area contributed by atoms with Crippen molar-refractivity contribution in [3.8, 4) is 5.75 Å². The Morgan fingerprint density at radius 2 is 1.74 bits per heavy atom. The normalized spacial score (nSPS) is 18.7. The van der Waals surface area contributed by atoms with Crippen LogP contribution in [0.5, 0.6) is 5.75 Å². The van der Waals surface area contributed by atoms with Crippen LogP contribution in [0, 0.1) is 0 Å². The average Bonchev–Trinajstić information content (AvgIpc) is 3.45. The van der Waals surface area contributed by atoms with Crippen molar-refractivity contribution >= 4 is 49.6 Å². The van der Waals surface area contributed by atoms with Gasteiger partial charge in [0.15, 0.2) is 0 Å². The van der Waals surface area contributed by atoms with Crippen LogP contribution in [-0.4, -0.2) is 77.9 Å². The van der Waals surface area contributed by atoms with E-state index in [2.05, 4.69) is 11.9 Å². The Balaban J connectivity index is 1.35. The van der Waals surface area contributed by atoms with E-state index in [4.69, 9.17) is 9.32 Å². The molecule has 2 fully saturated rings. The molecule has 0 radical (unpaired) electrons. The summed E-state index contributed by atoms with van der Waals surface area (Å²) in [5.41, 5.74) is 2.55. The molecule has 47 heavy (non-hydrogen) atoms. The molecule has 244 valence electrons. The van der Waals surface area contributed by atoms with Crippen LogP contribution < -0.4 is 14.6 Å². The number of nitrogens with two attached hydrogens (primary N) is 1. The minimum Gasteiger partial charge on any atom is -0.371 e. The number of amides is 4. The average molecular weight is 675 g/mol. The van der Waals surface area contributed by atoms with Gasteiger partial charge in [-0.25, -0.2) is 14.8 Å². The van der Waals surface area contributed by atoms with Crippen molar-refractivity contribution < 1.29 is 27.0 Å². The van der Waals surface area contributed by atoms with Crippen molar-refractivity contribution in [1.29, 1.82) is 0 Å². The topological polar surface area (TPSA) is 146 Å². The summed E-state index contributed by atoms with van der Waals surface area (Å²) in [6.45, 7) is 4.62. The van der Waals surface area contributed by atoms with E-state index in [1.165, 1.54) is 22.0 Å². The molecule has 2 saturated heterocycles. The smallest absolute Gasteiger partial charge is 0.371 e. The highest BCUT2D eigenvalue weighted by molar-refractivity contribution is 7.84. The molecule has 0 spiro atoms. The van der Waals surface area contributed by atoms with Gasteiger partial charge in [0.05, 0.1) is 13.1 Å². The molecule has 14 heteroatoms. The van der Waals surface area contributed by atoms with E-state index in [1.807, 2.05) is 60.0 Å². The number of hydrogen-bond donors (Lipinski definition) is 2. The standard InChI is InChI=1S/C33H34N6O6S2/c1-2-16-37-21-31(40)38-28(17-23-12-14-26(15-13-23)45-47(34,43)44)32(41)36(19-25-22-46-29-11-7-6-10-27(25)29)20-30(38)39(37)33(42)35-18-24-8-4-3-5-9-24/h2-15,22,28,30H,1,16-21H2,(H,35,42)(H2,34,43,44)/t28-,30-/m0/s1. The van der Waals surface area contributed by atoms with Gasteiger partial charge in [0.1, 0.15) is 18.0 Å². The van der Waals surface area contributed by atoms with Crippen molar-refractivity contribution in [2.75, 3.05) is 19.6 Å². The Labute approximate surface area is 276 Å². The second-order valence-corrected chi connectivity index (χ2v) is 13.4. The molecule has 0 aliphatic carbocycles. The van der Waals surface area contributed by atoms with Gasteiger partial charge in [0.2, 0.25) is 11.8 Å². The lowest BCUT2D eigenvalue weighted by Crippen LogP contribution is -2.76. The molecule has 2 aliphatic rings. The number of rotatable bonds is 10. The first-order valence-corrected chi connectivity index (χ1v) is 17.3. The Kier molecular flexibility index (Phi) is 9.27. The molecule has 1 aromatic heterocycles. The molecular formula is C33H34N6O6S2. The van der Waals surface area contributed by atoms with Crippen LogP contribution in [0.3, 0.4) is 0 Å². The van der Waals surface area contributed by atoms with Crippen LogP contribution in [0.4, 0.5) is 4.79 Å². The summed E-state index contributed by atoms with van der Waals surface area (Å²) in [5, 5.41) is 14.3. The lowest BCUT2D eigenvalue weighted by molar-refractivity contribution is -0.189. The Morgan fingerprint density at radius 1 is 1.02 bits per heavy atom. The third-order valence-corrected chi connectivity index (χ3v) is 9.59. The van der Waals surface area contributed by atoms with E-state index < -0.39 is 28.5 Å². The summed E-state index contributed by atoms with van der Waals surface area (Å²) in [5.74, 6) is -0.529. The Hall–Kier alpha value is -4.76. The second kappa shape index (κ2) is 13.5. The van der Waals surface area contributed by atoms with Gasteiger partial charge in [-0.1, -0.05) is 66.7 Å². The van der Waals surface area contributed by atoms with E-state index in [1.54, 1.807) is 39.5 Å². The summed E-state index contributed by atoms with van der Waals surface area (Å²) >= 11 is 1.59. The van der Waals surface area contributed by atoms with Crippen LogP contribution in [0.25, 0.3) is 10.1 Å². The van der Waals surface area contributed by atoms with Crippen LogP contribution in [0.2, 0.25) is 0 Å². The zero-order valence-corrected chi connectivity index (χ0v) is 27.0. The Bertz CT molecular complexity index is 1900. The van der Waals surface area contributed by atoms with E-state index >= 15 is 0 Å². The number of thiophene rings is 1. The summed E-state index contributed by atoms with van der Waals surface area (Å²) in [7, 11) is -4.21. The maximum atomic E-state index is 14.3. The van der Waals surface area contributed by atoms with Gasteiger partial charge in [0.25, 0.3) is 0 Å². The van der Waals surface area contributed by atoms with Crippen molar-refractivity contribution in [3.05, 3.63) is 114 Å². The first-order chi connectivity index (χ1) is 22.6. The number of urea groups is 1. The first-order valence-electron chi connectivity index (χ1n) is 14.9. The molecule has 0 saturated carbocycles. The van der Waals surface area contributed by atoms with E-state index in [-0.39, 0.29) is 50.2 Å². The SMILES string of the molecule is C=CCN1CC(=O)N2[C@@H](Cc3ccc(OS(N)(=O)=O)cc3)C(=O)N(Cc3csc4ccccc34)C[C@@H]2N1C(=O)NCc1ccccc1. The predicted molar refractivity (Wildman–Crippen MR) is 178 cm³/mol. The molecule has 2 aliphatic heterocycles. The van der Waals surface area contributed by atoms with Crippen molar-refractivity contribution in [1.82, 2.24) is 25.1 Å². The highest BCUT2D eigenvalue weighted by atomic mass is 32.2. The number of carbonyl (C=O) groups is 3. The number of benzene rings is 3. The number of hydrazine groups is 1. The fraction of sp³-hybridized carbons (Fsp3) is 0.242. The number of nitrogens with one attached hydrogen (secondary N) is 1. The van der Waals surface area contributed by atoms with Gasteiger partial charge in [0, 0.05) is 30.8 Å². The lowest BCUT2D eigenvalue weighted by Gasteiger charge is -2.55. The maximum absolute atomic E-state index is 14.3. The molecule has 6 rings (SSSR count). The fourth-order valence-corrected chi connectivity index (χ4v) is 7.43. The summed E-state index contributed by atoms with van der Waals surface area (Å²) in [6.07, 6.45) is 0.953. The molecule has 12 nitrogen and oxygen atoms in total. The largest absolute Gasteiger partial charge is 0.380 e. The number of piperazine rings is 1. The van der Waals surface area contributed by atoms with Crippen LogP contribution in [-0.2, 0) is 39.4 Å². The van der Waals surface area contributed by atoms with Crippen LogP contribution in [0.1, 0.15) is 16.7 Å². The number of nitrogens with zero attached hydrogens (tertiary/aromatic N) is 4. The maximum Gasteiger partial charge on any atom is 0.380 e. The highest BCUT2D eigenvalue weighted by Crippen LogP contribution is 2.32. The first kappa shape index (κ1) is 32.2. The highest BCUT2D eigenvalue weighted by Gasteiger charge is 2.51. The van der Waals surface area contributed by atoms with E-state index in [0.717, 1.165) is 21.2 Å². The Morgan fingerprint density at radius 3 is 2.47 bits per heavy atom. The van der Waals surface area contributed by atoms with Crippen LogP contribution in [0.15, 0.2) is 96.9 Å². The zero-order chi connectivity index (χ0) is 33.1. The minimum absolute atomic E-state index is 0.0189. The van der Waals surface area contributed by atoms with Gasteiger partial charge in [-0.3, -0.25) is 9.59 Å². The predicted octanol–water partition coefficient (Wildman–Crippen LogP) is 3.22. The summed E-state index contributed by atoms with van der Waals surface area (Å²) < 4.78 is 28.6. The third-order valence-electron chi connectivity index (χ3n) is 8.15. The van der Waals surface area contributed by atoms with Crippen LogP contribution >= 0.6 is 11.3 Å². The molecule has 3 aromatic carbocycles. The number of fused-ring (bicyclic) bond motifs is 2. The second-order valence-electron chi connectivity index (χ2n) is 11.3. The molecular weight excluding hydrogens is 641 g/mol. The summed E-state index contributed by atoms with van der Waals surface area (Å²) in [6, 6.07) is 22.3. The van der Waals surface area contributed by atoms with Gasteiger partial charge in [-0.05, 0) is 45.7 Å². The molecule has 0 bridgehead atoms. The van der Waals surface area contributed by atoms with Crippen molar-refractivity contribution in [3.63, 3.8) is 0 Å². The molecule has 3 N–H and O–H groups in total. The quantitative estimate of drug-likeness (QED) is 0.246. The minimum atomic E-state index is -4.21. The molecule has 4 amide bonds. The monoisotopic (exact) mass is 674 g/mol. The van der Waals surface area contributed by atoms with Gasteiger partial charge < -0.3 is 19.3 Å². The third kappa shape index (κ3) is 7.15. The van der Waals surface area contributed by atoms with E-state index in [0.29, 0.717) is 12.1 Å². The van der Waals surface area contributed by atoms with Crippen molar-refractivity contribution in [2.24, 2.45) is 5.14 Å². The van der Waals surface area contributed by atoms with Gasteiger partial charge in [-0.2, -0.15) is 13.6 Å². The van der Waals surface area contributed by atoms with Gasteiger partial charge in [-0.15, -0.1) is 17.9 Å². The van der Waals surface area contributed by atoms with Gasteiger partial charge >= 0.3 is 16.3 Å². The molecule has 3 heterocycles. The number of hydrogen-bond acceptors (Lipinski definition) is 8. The summed E-state index contributed by atoms with van der Waals surface area (Å²) in [4.78, 5) is 45.3. The van der Waals surface area contributed by atoms with Crippen molar-refractivity contribution in [2.45, 2.75) is 31.7 Å². The molecule has 0 unspecified atom stereocenters. The fourth-order valence-electron chi connectivity index (χ4n) is 6.10. The molecule has 4 aromatic rings. The van der Waals surface area contributed by atoms with E-state index in [9.17, 15) is 22.8 Å². The molecule has 2 atom stereocenters. The lowest BCUT2D eigenvalue weighted by atomic mass is 9.98. The number of carbonyl (C=O) groups excluding carboxylic acids is 3. The zero-order valence-electron chi connectivity index (χ0n) is 25.4.